The Balaban J connectivity index is 1.27. The monoisotopic (exact) mass is 440 g/mol. The molecule has 5 saturated carbocycles. The lowest BCUT2D eigenvalue weighted by Gasteiger charge is -2.57. The van der Waals surface area contributed by atoms with Gasteiger partial charge in [-0.05, 0) is 97.7 Å². The molecule has 0 aromatic carbocycles. The van der Waals surface area contributed by atoms with Crippen LogP contribution < -0.4 is 0 Å². The Hall–Kier alpha value is 0. The summed E-state index contributed by atoms with van der Waals surface area (Å²) in [7, 11) is 0. The summed E-state index contributed by atoms with van der Waals surface area (Å²) < 4.78 is 0. The first-order valence-electron chi connectivity index (χ1n) is 15.8. The van der Waals surface area contributed by atoms with Crippen molar-refractivity contribution in [2.45, 2.75) is 142 Å². The van der Waals surface area contributed by atoms with Crippen LogP contribution in [0.2, 0.25) is 0 Å². The molecular formula is C32H56. The molecule has 0 aromatic heterocycles. The molecule has 5 aliphatic carbocycles. The van der Waals surface area contributed by atoms with E-state index in [4.69, 9.17) is 0 Å². The van der Waals surface area contributed by atoms with Crippen molar-refractivity contribution in [3.05, 3.63) is 0 Å². The highest BCUT2D eigenvalue weighted by molar-refractivity contribution is 5.00. The first-order chi connectivity index (χ1) is 15.8. The van der Waals surface area contributed by atoms with Crippen LogP contribution in [-0.2, 0) is 0 Å². The molecule has 0 heterocycles. The van der Waals surface area contributed by atoms with E-state index in [1.807, 2.05) is 0 Å². The van der Waals surface area contributed by atoms with Crippen LogP contribution in [0.5, 0.6) is 0 Å². The summed E-state index contributed by atoms with van der Waals surface area (Å²) in [5.41, 5.74) is 0. The van der Waals surface area contributed by atoms with Crippen LogP contribution in [0.1, 0.15) is 142 Å². The van der Waals surface area contributed by atoms with Gasteiger partial charge in [-0.1, -0.05) is 104 Å². The second-order valence-electron chi connectivity index (χ2n) is 13.6. The fourth-order valence-corrected chi connectivity index (χ4v) is 10.8. The van der Waals surface area contributed by atoms with Gasteiger partial charge in [-0.2, -0.15) is 0 Å². The van der Waals surface area contributed by atoms with Crippen LogP contribution in [0.3, 0.4) is 0 Å². The molecule has 5 fully saturated rings. The Labute approximate surface area is 201 Å². The molecule has 0 aromatic rings. The Bertz CT molecular complexity index is 558. The summed E-state index contributed by atoms with van der Waals surface area (Å²) in [5.74, 6) is 10.8. The average Bonchev–Trinajstić information content (AvgIpc) is 2.85. The van der Waals surface area contributed by atoms with Crippen molar-refractivity contribution in [3.63, 3.8) is 0 Å². The van der Waals surface area contributed by atoms with E-state index in [2.05, 4.69) is 13.8 Å². The van der Waals surface area contributed by atoms with Gasteiger partial charge in [0.15, 0.2) is 0 Å². The summed E-state index contributed by atoms with van der Waals surface area (Å²) in [4.78, 5) is 0. The Morgan fingerprint density at radius 2 is 1.22 bits per heavy atom. The summed E-state index contributed by atoms with van der Waals surface area (Å²) >= 11 is 0. The van der Waals surface area contributed by atoms with E-state index >= 15 is 0 Å². The lowest BCUT2D eigenvalue weighted by molar-refractivity contribution is -0.0818. The molecular weight excluding hydrogens is 384 g/mol. The Morgan fingerprint density at radius 3 is 2.00 bits per heavy atom. The van der Waals surface area contributed by atoms with Crippen LogP contribution in [0.15, 0.2) is 0 Å². The van der Waals surface area contributed by atoms with Gasteiger partial charge in [0.2, 0.25) is 0 Å². The molecule has 9 unspecified atom stereocenters. The van der Waals surface area contributed by atoms with Gasteiger partial charge in [0.25, 0.3) is 0 Å². The third kappa shape index (κ3) is 5.00. The van der Waals surface area contributed by atoms with Crippen molar-refractivity contribution in [2.75, 3.05) is 0 Å². The lowest BCUT2D eigenvalue weighted by Crippen LogP contribution is -2.50. The van der Waals surface area contributed by atoms with Crippen LogP contribution in [0, 0.1) is 59.2 Å². The molecule has 5 rings (SSSR count). The highest BCUT2D eigenvalue weighted by Gasteiger charge is 2.51. The van der Waals surface area contributed by atoms with Gasteiger partial charge >= 0.3 is 0 Å². The van der Waals surface area contributed by atoms with Crippen molar-refractivity contribution in [1.29, 1.82) is 0 Å². The van der Waals surface area contributed by atoms with E-state index < -0.39 is 0 Å². The minimum Gasteiger partial charge on any atom is -0.0651 e. The van der Waals surface area contributed by atoms with E-state index in [0.29, 0.717) is 0 Å². The smallest absolute Gasteiger partial charge is 0.0324 e. The topological polar surface area (TPSA) is 0 Å². The first kappa shape index (κ1) is 23.7. The quantitative estimate of drug-likeness (QED) is 0.385. The average molecular weight is 441 g/mol. The highest BCUT2D eigenvalue weighted by Crippen LogP contribution is 2.59. The number of rotatable bonds is 6. The zero-order valence-corrected chi connectivity index (χ0v) is 21.9. The molecule has 0 amide bonds. The van der Waals surface area contributed by atoms with Crippen molar-refractivity contribution in [2.24, 2.45) is 59.2 Å². The fraction of sp³-hybridized carbons (Fsp3) is 1.00. The number of hydrogen-bond donors (Lipinski definition) is 0. The minimum atomic E-state index is 1.000. The molecule has 184 valence electrons. The van der Waals surface area contributed by atoms with Gasteiger partial charge in [-0.25, -0.2) is 0 Å². The van der Waals surface area contributed by atoms with Crippen LogP contribution >= 0.6 is 0 Å². The predicted molar refractivity (Wildman–Crippen MR) is 139 cm³/mol. The zero-order valence-electron chi connectivity index (χ0n) is 21.9. The van der Waals surface area contributed by atoms with Gasteiger partial charge in [0, 0.05) is 0 Å². The molecule has 0 radical (unpaired) electrons. The van der Waals surface area contributed by atoms with Crippen LogP contribution in [0.25, 0.3) is 0 Å². The minimum absolute atomic E-state index is 1.000. The van der Waals surface area contributed by atoms with Gasteiger partial charge in [-0.3, -0.25) is 0 Å². The van der Waals surface area contributed by atoms with Gasteiger partial charge in [-0.15, -0.1) is 0 Å². The number of hydrogen-bond acceptors (Lipinski definition) is 0. The largest absolute Gasteiger partial charge is 0.0651 e. The van der Waals surface area contributed by atoms with E-state index in [1.54, 1.807) is 96.3 Å². The molecule has 0 spiro atoms. The van der Waals surface area contributed by atoms with Crippen molar-refractivity contribution < 1.29 is 0 Å². The maximum Gasteiger partial charge on any atom is -0.0324 e. The van der Waals surface area contributed by atoms with Crippen molar-refractivity contribution in [3.8, 4) is 0 Å². The second kappa shape index (κ2) is 11.2. The molecule has 0 saturated heterocycles. The predicted octanol–water partition coefficient (Wildman–Crippen LogP) is 10.1. The molecule has 5 aliphatic rings. The standard InChI is InChI=1S/C32H56/c1-3-28-23(2)29(19-11-14-24-12-5-4-6-13-24)30-17-9-10-18-31(30)32(28)27-21-20-25-15-7-8-16-26(25)22-27/h23-32H,3-22H2,1-2H3. The molecule has 0 bridgehead atoms. The SMILES string of the molecule is CCC1C(C)C(CCCC2CCCCC2)C2CCCCC2C1C1CCC2CCCCC2C1. The zero-order chi connectivity index (χ0) is 21.9. The lowest BCUT2D eigenvalue weighted by atomic mass is 9.48. The van der Waals surface area contributed by atoms with E-state index in [0.717, 1.165) is 59.2 Å². The van der Waals surface area contributed by atoms with E-state index in [1.165, 1.54) is 32.1 Å². The Morgan fingerprint density at radius 1 is 0.562 bits per heavy atom. The Kier molecular flexibility index (Phi) is 8.28. The summed E-state index contributed by atoms with van der Waals surface area (Å²) in [6.07, 6.45) is 31.2. The molecule has 0 nitrogen and oxygen atoms in total. The third-order valence-electron chi connectivity index (χ3n) is 12.2. The summed E-state index contributed by atoms with van der Waals surface area (Å²) in [6.45, 7) is 5.31. The maximum atomic E-state index is 2.74. The van der Waals surface area contributed by atoms with Crippen LogP contribution in [0.4, 0.5) is 0 Å². The first-order valence-corrected chi connectivity index (χ1v) is 15.8. The van der Waals surface area contributed by atoms with Gasteiger partial charge in [0.05, 0.1) is 0 Å². The van der Waals surface area contributed by atoms with E-state index in [9.17, 15) is 0 Å². The second-order valence-corrected chi connectivity index (χ2v) is 13.6. The molecule has 0 aliphatic heterocycles. The van der Waals surface area contributed by atoms with Crippen molar-refractivity contribution >= 4 is 0 Å². The molecule has 0 heteroatoms. The normalized spacial score (nSPS) is 45.8. The summed E-state index contributed by atoms with van der Waals surface area (Å²) in [6, 6.07) is 0. The highest BCUT2D eigenvalue weighted by atomic mass is 14.6. The summed E-state index contributed by atoms with van der Waals surface area (Å²) in [5, 5.41) is 0. The molecule has 0 N–H and O–H groups in total. The number of fused-ring (bicyclic) bond motifs is 2. The van der Waals surface area contributed by atoms with Gasteiger partial charge in [0.1, 0.15) is 0 Å². The van der Waals surface area contributed by atoms with Gasteiger partial charge < -0.3 is 0 Å². The maximum absolute atomic E-state index is 2.74. The molecule has 32 heavy (non-hydrogen) atoms. The third-order valence-corrected chi connectivity index (χ3v) is 12.2. The molecule has 9 atom stereocenters. The van der Waals surface area contributed by atoms with Crippen molar-refractivity contribution in [1.82, 2.24) is 0 Å². The van der Waals surface area contributed by atoms with E-state index in [-0.39, 0.29) is 0 Å². The fourth-order valence-electron chi connectivity index (χ4n) is 10.8. The van der Waals surface area contributed by atoms with Crippen LogP contribution in [-0.4, -0.2) is 0 Å².